The van der Waals surface area contributed by atoms with Gasteiger partial charge < -0.3 is 4.57 Å². The van der Waals surface area contributed by atoms with Crippen molar-refractivity contribution in [2.24, 2.45) is 16.7 Å². The highest BCUT2D eigenvalue weighted by molar-refractivity contribution is 6.23. The smallest absolute Gasteiger partial charge is 0.238 e. The van der Waals surface area contributed by atoms with Crippen molar-refractivity contribution in [2.45, 2.75) is 46.5 Å². The molecule has 0 saturated heterocycles. The molecule has 5 nitrogen and oxygen atoms in total. The summed E-state index contributed by atoms with van der Waals surface area (Å²) in [5.74, 6) is 2.62. The molecule has 1 fully saturated rings. The van der Waals surface area contributed by atoms with Gasteiger partial charge in [0, 0.05) is 50.1 Å². The number of benzene rings is 8. The van der Waals surface area contributed by atoms with Gasteiger partial charge in [-0.25, -0.2) is 4.98 Å². The Labute approximate surface area is 384 Å². The first-order valence-electron chi connectivity index (χ1n) is 23.4. The van der Waals surface area contributed by atoms with E-state index in [9.17, 15) is 0 Å². The van der Waals surface area contributed by atoms with E-state index >= 15 is 0 Å². The number of allylic oxidation sites excluding steroid dienone is 1. The highest BCUT2D eigenvalue weighted by atomic mass is 15.2. The topological polar surface area (TPSA) is 48.5 Å². The van der Waals surface area contributed by atoms with Crippen molar-refractivity contribution in [3.05, 3.63) is 193 Å². The van der Waals surface area contributed by atoms with Crippen molar-refractivity contribution in [3.8, 4) is 45.5 Å². The van der Waals surface area contributed by atoms with Crippen LogP contribution in [-0.2, 0) is 0 Å². The highest BCUT2D eigenvalue weighted by Crippen LogP contribution is 2.61. The van der Waals surface area contributed by atoms with Gasteiger partial charge in [-0.15, -0.1) is 0 Å². The van der Waals surface area contributed by atoms with E-state index in [1.54, 1.807) is 0 Å². The minimum Gasteiger partial charge on any atom is -0.313 e. The fourth-order valence-corrected chi connectivity index (χ4v) is 11.7. The number of fused-ring (bicyclic) bond motifs is 11. The molecule has 2 unspecified atom stereocenters. The van der Waals surface area contributed by atoms with E-state index in [0.717, 1.165) is 27.7 Å². The van der Waals surface area contributed by atoms with Crippen LogP contribution in [0, 0.1) is 16.7 Å². The van der Waals surface area contributed by atoms with Crippen LogP contribution >= 0.6 is 0 Å². The quantitative estimate of drug-likeness (QED) is 0.173. The van der Waals surface area contributed by atoms with E-state index in [1.165, 1.54) is 78.6 Å². The highest BCUT2D eigenvalue weighted by Gasteiger charge is 2.50. The predicted molar refractivity (Wildman–Crippen MR) is 274 cm³/mol. The van der Waals surface area contributed by atoms with Crippen LogP contribution in [0.2, 0.25) is 0 Å². The van der Waals surface area contributed by atoms with Crippen molar-refractivity contribution >= 4 is 60.3 Å². The Bertz CT molecular complexity index is 3760. The van der Waals surface area contributed by atoms with Gasteiger partial charge in [0.2, 0.25) is 5.95 Å². The molecule has 3 heterocycles. The lowest BCUT2D eigenvalue weighted by molar-refractivity contribution is 0.0485. The van der Waals surface area contributed by atoms with E-state index in [1.807, 2.05) is 18.2 Å². The third kappa shape index (κ3) is 5.95. The van der Waals surface area contributed by atoms with E-state index in [-0.39, 0.29) is 10.8 Å². The summed E-state index contributed by atoms with van der Waals surface area (Å²) in [5, 5.41) is 8.53. The molecule has 2 aliphatic rings. The fourth-order valence-electron chi connectivity index (χ4n) is 11.7. The summed E-state index contributed by atoms with van der Waals surface area (Å²) < 4.78 is 4.89. The summed E-state index contributed by atoms with van der Waals surface area (Å²) in [6, 6.07) is 63.3. The third-order valence-corrected chi connectivity index (χ3v) is 15.2. The molecule has 2 atom stereocenters. The summed E-state index contributed by atoms with van der Waals surface area (Å²) in [4.78, 5) is 16.0. The minimum absolute atomic E-state index is 0.112. The molecule has 0 N–H and O–H groups in total. The molecule has 0 spiro atoms. The number of nitrogens with zero attached hydrogens (tertiary/aromatic N) is 5. The van der Waals surface area contributed by atoms with Crippen molar-refractivity contribution < 1.29 is 0 Å². The van der Waals surface area contributed by atoms with E-state index < -0.39 is 0 Å². The molecule has 318 valence electrons. The summed E-state index contributed by atoms with van der Waals surface area (Å²) in [5.41, 5.74) is 11.8. The van der Waals surface area contributed by atoms with E-state index in [2.05, 4.69) is 207 Å². The average molecular weight is 852 g/mol. The standard InChI is InChI=1S/C61H49N5/c1-60(2)33-34-61(3,4)55-50(60)31-30-47-48-36-49-53(37-52(48)65(56(47)55)45-20-9-6-10-21-45)66(51-32-29-40-16-13-14-22-46(40)54(49)51)59-63-57(41-17-7-5-8-18-41)62-58(64-59)42-26-23-39(24-27-42)44-28-25-38-15-11-12-19-43(38)35-44/h5-32,35-37,50,55H,33-34H2,1-4H3. The van der Waals surface area contributed by atoms with Crippen molar-refractivity contribution in [2.75, 3.05) is 0 Å². The Hall–Kier alpha value is -7.63. The Morgan fingerprint density at radius 2 is 1.06 bits per heavy atom. The van der Waals surface area contributed by atoms with Gasteiger partial charge in [-0.05, 0) is 98.7 Å². The Kier molecular flexibility index (Phi) is 8.49. The second kappa shape index (κ2) is 14.4. The zero-order valence-electron chi connectivity index (χ0n) is 37.7. The van der Waals surface area contributed by atoms with Gasteiger partial charge in [-0.3, -0.25) is 4.57 Å². The number of para-hydroxylation sites is 1. The number of hydrogen-bond acceptors (Lipinski definition) is 3. The molecule has 8 aromatic carbocycles. The lowest BCUT2D eigenvalue weighted by Gasteiger charge is -2.53. The number of aromatic nitrogens is 5. The van der Waals surface area contributed by atoms with Gasteiger partial charge in [-0.1, -0.05) is 179 Å². The SMILES string of the molecule is CC1(C)CCC(C)(C)C2c3c(c4cc5c6c7ccccc7ccc6n(-c6nc(-c7ccccc7)nc(-c7ccc(-c8ccc9ccccc9c8)cc7)n6)c5cc4n3-c3ccccc3)C=CC21. The molecule has 13 rings (SSSR count). The van der Waals surface area contributed by atoms with Crippen LogP contribution in [0.1, 0.15) is 57.7 Å². The van der Waals surface area contributed by atoms with Crippen molar-refractivity contribution in [1.82, 2.24) is 24.1 Å². The molecule has 0 radical (unpaired) electrons. The maximum Gasteiger partial charge on any atom is 0.238 e. The molecular formula is C61H49N5. The molecule has 3 aromatic heterocycles. The molecule has 0 aliphatic heterocycles. The van der Waals surface area contributed by atoms with Crippen LogP contribution < -0.4 is 0 Å². The van der Waals surface area contributed by atoms with Gasteiger partial charge in [0.05, 0.1) is 16.6 Å². The van der Waals surface area contributed by atoms with Gasteiger partial charge in [0.25, 0.3) is 0 Å². The fraction of sp³-hybridized carbons (Fsp3) is 0.164. The molecule has 0 amide bonds. The lowest BCUT2D eigenvalue weighted by Crippen LogP contribution is -2.43. The molecule has 5 heteroatoms. The Balaban J connectivity index is 1.09. The first-order chi connectivity index (χ1) is 32.2. The van der Waals surface area contributed by atoms with Crippen LogP contribution in [0.4, 0.5) is 0 Å². The molecule has 11 aromatic rings. The molecule has 2 aliphatic carbocycles. The first kappa shape index (κ1) is 38.8. The van der Waals surface area contributed by atoms with Gasteiger partial charge >= 0.3 is 0 Å². The van der Waals surface area contributed by atoms with Crippen molar-refractivity contribution in [3.63, 3.8) is 0 Å². The number of rotatable bonds is 5. The predicted octanol–water partition coefficient (Wildman–Crippen LogP) is 15.8. The maximum absolute atomic E-state index is 5.43. The summed E-state index contributed by atoms with van der Waals surface area (Å²) in [6.45, 7) is 9.95. The zero-order valence-corrected chi connectivity index (χ0v) is 37.7. The van der Waals surface area contributed by atoms with Crippen molar-refractivity contribution in [1.29, 1.82) is 0 Å². The lowest BCUT2D eigenvalue weighted by atomic mass is 9.52. The average Bonchev–Trinajstić information content (AvgIpc) is 3.87. The van der Waals surface area contributed by atoms with Gasteiger partial charge in [-0.2, -0.15) is 9.97 Å². The van der Waals surface area contributed by atoms with E-state index in [0.29, 0.717) is 29.4 Å². The normalized spacial score (nSPS) is 17.5. The monoisotopic (exact) mass is 851 g/mol. The number of hydrogen-bond donors (Lipinski definition) is 0. The largest absolute Gasteiger partial charge is 0.313 e. The first-order valence-corrected chi connectivity index (χ1v) is 23.4. The van der Waals surface area contributed by atoms with Gasteiger partial charge in [0.15, 0.2) is 11.6 Å². The molecule has 66 heavy (non-hydrogen) atoms. The second-order valence-electron chi connectivity index (χ2n) is 20.0. The summed E-state index contributed by atoms with van der Waals surface area (Å²) >= 11 is 0. The third-order valence-electron chi connectivity index (χ3n) is 15.2. The van der Waals surface area contributed by atoms with E-state index in [4.69, 9.17) is 15.0 Å². The molecule has 0 bridgehead atoms. The van der Waals surface area contributed by atoms with Crippen LogP contribution in [0.3, 0.4) is 0 Å². The Morgan fingerprint density at radius 3 is 1.83 bits per heavy atom. The second-order valence-corrected chi connectivity index (χ2v) is 20.0. The Morgan fingerprint density at radius 1 is 0.455 bits per heavy atom. The van der Waals surface area contributed by atoms with Crippen LogP contribution in [0.5, 0.6) is 0 Å². The van der Waals surface area contributed by atoms with Crippen LogP contribution in [0.25, 0.3) is 106 Å². The summed E-state index contributed by atoms with van der Waals surface area (Å²) in [7, 11) is 0. The van der Waals surface area contributed by atoms with Crippen LogP contribution in [-0.4, -0.2) is 24.1 Å². The zero-order chi connectivity index (χ0) is 44.3. The molecular weight excluding hydrogens is 803 g/mol. The maximum atomic E-state index is 5.43. The molecule has 1 saturated carbocycles. The minimum atomic E-state index is 0.112. The summed E-state index contributed by atoms with van der Waals surface area (Å²) in [6.07, 6.45) is 7.41. The van der Waals surface area contributed by atoms with Crippen LogP contribution in [0.15, 0.2) is 182 Å². The van der Waals surface area contributed by atoms with Gasteiger partial charge in [0.1, 0.15) is 0 Å².